The Kier molecular flexibility index (Phi) is 6.59. The van der Waals surface area contributed by atoms with Gasteiger partial charge in [-0.1, -0.05) is 17.7 Å². The van der Waals surface area contributed by atoms with Gasteiger partial charge in [-0.15, -0.1) is 0 Å². The van der Waals surface area contributed by atoms with Crippen LogP contribution in [-0.2, 0) is 9.59 Å². The fourth-order valence-corrected chi connectivity index (χ4v) is 2.97. The van der Waals surface area contributed by atoms with Crippen molar-refractivity contribution in [3.05, 3.63) is 48.0 Å². The van der Waals surface area contributed by atoms with Gasteiger partial charge in [0.25, 0.3) is 5.91 Å². The van der Waals surface area contributed by atoms with Gasteiger partial charge < -0.3 is 24.4 Å². The molecule has 0 unspecified atom stereocenters. The third-order valence-corrected chi connectivity index (χ3v) is 4.54. The Hall–Kier alpha value is -3.22. The second-order valence-corrected chi connectivity index (χ2v) is 6.83. The molecule has 7 nitrogen and oxygen atoms in total. The molecule has 1 aliphatic heterocycles. The summed E-state index contributed by atoms with van der Waals surface area (Å²) in [6.45, 7) is 6.81. The van der Waals surface area contributed by atoms with E-state index in [0.29, 0.717) is 42.7 Å². The van der Waals surface area contributed by atoms with E-state index >= 15 is 0 Å². The number of rotatable bonds is 7. The number of likely N-dealkylation sites (N-methyl/N-ethyl adjacent to an activating group) is 1. The van der Waals surface area contributed by atoms with E-state index in [1.165, 1.54) is 4.90 Å². The Morgan fingerprint density at radius 2 is 1.79 bits per heavy atom. The minimum Gasteiger partial charge on any atom is -0.486 e. The molecule has 0 aliphatic carbocycles. The summed E-state index contributed by atoms with van der Waals surface area (Å²) in [5.74, 6) is 1.33. The molecule has 0 saturated carbocycles. The molecule has 0 aromatic heterocycles. The zero-order chi connectivity index (χ0) is 20.8. The first-order chi connectivity index (χ1) is 14.0. The minimum absolute atomic E-state index is 0.0641. The third kappa shape index (κ3) is 5.40. The number of ether oxygens (including phenoxy) is 3. The first-order valence-electron chi connectivity index (χ1n) is 9.68. The summed E-state index contributed by atoms with van der Waals surface area (Å²) in [6.07, 6.45) is -0.695. The van der Waals surface area contributed by atoms with Gasteiger partial charge in [0.15, 0.2) is 17.6 Å². The first kappa shape index (κ1) is 20.5. The molecule has 3 rings (SSSR count). The summed E-state index contributed by atoms with van der Waals surface area (Å²) in [7, 11) is 0. The van der Waals surface area contributed by atoms with Crippen LogP contribution < -0.4 is 19.5 Å². The number of carbonyl (C=O) groups excluding carboxylic acids is 2. The van der Waals surface area contributed by atoms with E-state index < -0.39 is 6.10 Å². The van der Waals surface area contributed by atoms with E-state index in [4.69, 9.17) is 14.2 Å². The van der Waals surface area contributed by atoms with Crippen molar-refractivity contribution in [2.45, 2.75) is 26.9 Å². The Morgan fingerprint density at radius 3 is 2.48 bits per heavy atom. The van der Waals surface area contributed by atoms with Crippen molar-refractivity contribution >= 4 is 17.5 Å². The highest BCUT2D eigenvalue weighted by atomic mass is 16.6. The normalized spacial score (nSPS) is 13.3. The van der Waals surface area contributed by atoms with Gasteiger partial charge in [-0.2, -0.15) is 0 Å². The Bertz CT molecular complexity index is 866. The van der Waals surface area contributed by atoms with Crippen molar-refractivity contribution in [2.24, 2.45) is 0 Å². The van der Waals surface area contributed by atoms with Gasteiger partial charge in [0, 0.05) is 18.3 Å². The number of aryl methyl sites for hydroxylation is 1. The van der Waals surface area contributed by atoms with Gasteiger partial charge in [-0.3, -0.25) is 9.59 Å². The maximum Gasteiger partial charge on any atom is 0.263 e. The molecule has 154 valence electrons. The second kappa shape index (κ2) is 9.32. The summed E-state index contributed by atoms with van der Waals surface area (Å²) < 4.78 is 16.7. The van der Waals surface area contributed by atoms with E-state index in [0.717, 1.165) is 5.56 Å². The van der Waals surface area contributed by atoms with Gasteiger partial charge in [0.05, 0.1) is 6.54 Å². The van der Waals surface area contributed by atoms with Crippen molar-refractivity contribution in [1.29, 1.82) is 0 Å². The Balaban J connectivity index is 1.57. The van der Waals surface area contributed by atoms with E-state index in [-0.39, 0.29) is 18.4 Å². The molecule has 2 aromatic carbocycles. The largest absolute Gasteiger partial charge is 0.486 e. The van der Waals surface area contributed by atoms with Crippen molar-refractivity contribution in [3.8, 4) is 17.2 Å². The van der Waals surface area contributed by atoms with E-state index in [9.17, 15) is 9.59 Å². The number of nitrogens with zero attached hydrogens (tertiary/aromatic N) is 1. The average molecular weight is 398 g/mol. The monoisotopic (exact) mass is 398 g/mol. The molecule has 7 heteroatoms. The van der Waals surface area contributed by atoms with Crippen LogP contribution in [0.3, 0.4) is 0 Å². The predicted molar refractivity (Wildman–Crippen MR) is 110 cm³/mol. The molecule has 1 heterocycles. The molecule has 0 bridgehead atoms. The lowest BCUT2D eigenvalue weighted by molar-refractivity contribution is -0.140. The topological polar surface area (TPSA) is 77.1 Å². The highest BCUT2D eigenvalue weighted by Crippen LogP contribution is 2.32. The zero-order valence-electron chi connectivity index (χ0n) is 16.9. The quantitative estimate of drug-likeness (QED) is 0.776. The third-order valence-electron chi connectivity index (χ3n) is 4.54. The Labute approximate surface area is 170 Å². The van der Waals surface area contributed by atoms with Crippen LogP contribution in [0.4, 0.5) is 5.69 Å². The molecule has 0 spiro atoms. The molecule has 0 fully saturated rings. The van der Waals surface area contributed by atoms with Gasteiger partial charge in [0.2, 0.25) is 5.91 Å². The van der Waals surface area contributed by atoms with Crippen molar-refractivity contribution in [3.63, 3.8) is 0 Å². The van der Waals surface area contributed by atoms with E-state index in [1.54, 1.807) is 25.1 Å². The second-order valence-electron chi connectivity index (χ2n) is 6.83. The van der Waals surface area contributed by atoms with Crippen LogP contribution in [-0.4, -0.2) is 49.1 Å². The molecular weight excluding hydrogens is 372 g/mol. The van der Waals surface area contributed by atoms with Crippen LogP contribution in [0.5, 0.6) is 17.2 Å². The van der Waals surface area contributed by atoms with Crippen LogP contribution in [0.2, 0.25) is 0 Å². The highest BCUT2D eigenvalue weighted by molar-refractivity contribution is 5.95. The lowest BCUT2D eigenvalue weighted by Gasteiger charge is -2.24. The number of hydrogen-bond donors (Lipinski definition) is 1. The number of benzene rings is 2. The fourth-order valence-electron chi connectivity index (χ4n) is 2.97. The summed E-state index contributed by atoms with van der Waals surface area (Å²) >= 11 is 0. The summed E-state index contributed by atoms with van der Waals surface area (Å²) in [5.41, 5.74) is 1.70. The first-order valence-corrected chi connectivity index (χ1v) is 9.68. The number of nitrogens with one attached hydrogen (secondary N) is 1. The van der Waals surface area contributed by atoms with Gasteiger partial charge in [-0.25, -0.2) is 0 Å². The van der Waals surface area contributed by atoms with Crippen LogP contribution >= 0.6 is 0 Å². The number of hydrogen-bond acceptors (Lipinski definition) is 5. The van der Waals surface area contributed by atoms with Crippen molar-refractivity contribution in [2.75, 3.05) is 31.6 Å². The molecular formula is C22H26N2O5. The molecule has 29 heavy (non-hydrogen) atoms. The number of anilines is 1. The van der Waals surface area contributed by atoms with E-state index in [1.807, 2.05) is 38.1 Å². The standard InChI is InChI=1S/C22H26N2O5/c1-4-24(22(26)16(3)29-18-8-5-15(2)6-9-18)14-21(25)23-17-7-10-19-20(13-17)28-12-11-27-19/h5-10,13,16H,4,11-12,14H2,1-3H3,(H,23,25)/t16-/m1/s1. The molecule has 1 N–H and O–H groups in total. The number of amides is 2. The summed E-state index contributed by atoms with van der Waals surface area (Å²) in [6, 6.07) is 12.7. The molecule has 2 aromatic rings. The van der Waals surface area contributed by atoms with Crippen LogP contribution in [0.25, 0.3) is 0 Å². The summed E-state index contributed by atoms with van der Waals surface area (Å²) in [4.78, 5) is 26.6. The summed E-state index contributed by atoms with van der Waals surface area (Å²) in [5, 5.41) is 2.80. The van der Waals surface area contributed by atoms with Crippen molar-refractivity contribution in [1.82, 2.24) is 4.90 Å². The SMILES string of the molecule is CCN(CC(=O)Nc1ccc2c(c1)OCCO2)C(=O)[C@@H](C)Oc1ccc(C)cc1. The lowest BCUT2D eigenvalue weighted by Crippen LogP contribution is -2.44. The van der Waals surface area contributed by atoms with Crippen LogP contribution in [0.15, 0.2) is 42.5 Å². The molecule has 1 aliphatic rings. The fraction of sp³-hybridized carbons (Fsp3) is 0.364. The van der Waals surface area contributed by atoms with Gasteiger partial charge in [0.1, 0.15) is 19.0 Å². The van der Waals surface area contributed by atoms with Gasteiger partial charge >= 0.3 is 0 Å². The van der Waals surface area contributed by atoms with Gasteiger partial charge in [-0.05, 0) is 45.0 Å². The number of fused-ring (bicyclic) bond motifs is 1. The van der Waals surface area contributed by atoms with Crippen molar-refractivity contribution < 1.29 is 23.8 Å². The molecule has 0 saturated heterocycles. The minimum atomic E-state index is -0.695. The van der Waals surface area contributed by atoms with Crippen LogP contribution in [0.1, 0.15) is 19.4 Å². The average Bonchev–Trinajstić information content (AvgIpc) is 2.73. The molecule has 1 atom stereocenters. The molecule has 0 radical (unpaired) electrons. The Morgan fingerprint density at radius 1 is 1.10 bits per heavy atom. The highest BCUT2D eigenvalue weighted by Gasteiger charge is 2.23. The number of carbonyl (C=O) groups is 2. The van der Waals surface area contributed by atoms with E-state index in [2.05, 4.69) is 5.32 Å². The molecule has 2 amide bonds. The predicted octanol–water partition coefficient (Wildman–Crippen LogP) is 3.02. The smallest absolute Gasteiger partial charge is 0.263 e. The lowest BCUT2D eigenvalue weighted by atomic mass is 10.2. The van der Waals surface area contributed by atoms with Crippen LogP contribution in [0, 0.1) is 6.92 Å². The maximum atomic E-state index is 12.7. The maximum absolute atomic E-state index is 12.7. The zero-order valence-corrected chi connectivity index (χ0v) is 16.9.